The average molecular weight is 435 g/mol. The number of rotatable bonds is 5. The zero-order chi connectivity index (χ0) is 22.1. The van der Waals surface area contributed by atoms with Gasteiger partial charge in [0.05, 0.1) is 23.1 Å². The van der Waals surface area contributed by atoms with Crippen molar-refractivity contribution in [2.45, 2.75) is 45.2 Å². The quantitative estimate of drug-likeness (QED) is 0.530. The van der Waals surface area contributed by atoms with E-state index >= 15 is 0 Å². The largest absolute Gasteiger partial charge is 0.478 e. The Hall–Kier alpha value is -3.32. The van der Waals surface area contributed by atoms with Crippen LogP contribution in [0, 0.1) is 0 Å². The van der Waals surface area contributed by atoms with Crippen LogP contribution >= 0.6 is 0 Å². The summed E-state index contributed by atoms with van der Waals surface area (Å²) in [7, 11) is 0. The Bertz CT molecular complexity index is 1190. The van der Waals surface area contributed by atoms with Gasteiger partial charge in [0.15, 0.2) is 0 Å². The molecule has 7 heteroatoms. The molecule has 1 fully saturated rings. The van der Waals surface area contributed by atoms with Crippen molar-refractivity contribution in [2.75, 3.05) is 13.3 Å². The molecule has 166 valence electrons. The molecule has 0 bridgehead atoms. The van der Waals surface area contributed by atoms with E-state index in [9.17, 15) is 9.59 Å². The fourth-order valence-corrected chi connectivity index (χ4v) is 4.48. The van der Waals surface area contributed by atoms with Crippen LogP contribution in [-0.2, 0) is 11.3 Å². The normalized spacial score (nSPS) is 16.5. The smallest absolute Gasteiger partial charge is 0.338 e. The molecule has 2 aliphatic rings. The maximum Gasteiger partial charge on any atom is 0.338 e. The molecule has 3 aromatic rings. The molecule has 1 saturated carbocycles. The van der Waals surface area contributed by atoms with Crippen LogP contribution in [0.2, 0.25) is 0 Å². The van der Waals surface area contributed by atoms with Gasteiger partial charge in [-0.3, -0.25) is 9.69 Å². The van der Waals surface area contributed by atoms with Gasteiger partial charge in [-0.1, -0.05) is 12.8 Å². The Morgan fingerprint density at radius 3 is 2.66 bits per heavy atom. The minimum absolute atomic E-state index is 0.0886. The SMILES string of the molecule is CCOC(=O)c1ccc(Oc2coc3c4c(ccc3c2=O)OCN(C2CCCC2)C4)cc1. The molecule has 32 heavy (non-hydrogen) atoms. The highest BCUT2D eigenvalue weighted by molar-refractivity contribution is 5.89. The Morgan fingerprint density at radius 2 is 1.91 bits per heavy atom. The van der Waals surface area contributed by atoms with Crippen LogP contribution in [0.25, 0.3) is 11.0 Å². The van der Waals surface area contributed by atoms with E-state index in [0.29, 0.717) is 48.2 Å². The molecule has 0 spiro atoms. The van der Waals surface area contributed by atoms with Gasteiger partial charge < -0.3 is 18.6 Å². The van der Waals surface area contributed by atoms with Gasteiger partial charge >= 0.3 is 5.97 Å². The van der Waals surface area contributed by atoms with Crippen LogP contribution in [0.1, 0.15) is 48.5 Å². The molecule has 0 radical (unpaired) electrons. The highest BCUT2D eigenvalue weighted by Gasteiger charge is 2.29. The number of esters is 1. The van der Waals surface area contributed by atoms with Crippen LogP contribution in [0.3, 0.4) is 0 Å². The maximum atomic E-state index is 13.1. The lowest BCUT2D eigenvalue weighted by Gasteiger charge is -2.33. The van der Waals surface area contributed by atoms with Gasteiger partial charge in [-0.25, -0.2) is 4.79 Å². The van der Waals surface area contributed by atoms with Crippen molar-refractivity contribution in [3.05, 3.63) is 64.0 Å². The summed E-state index contributed by atoms with van der Waals surface area (Å²) in [5.41, 5.74) is 1.62. The minimum atomic E-state index is -0.400. The molecule has 1 aliphatic heterocycles. The van der Waals surface area contributed by atoms with Gasteiger partial charge in [-0.15, -0.1) is 0 Å². The third-order valence-electron chi connectivity index (χ3n) is 6.15. The van der Waals surface area contributed by atoms with Crippen molar-refractivity contribution in [3.63, 3.8) is 0 Å². The number of ether oxygens (including phenoxy) is 3. The van der Waals surface area contributed by atoms with Crippen LogP contribution in [0.15, 0.2) is 51.9 Å². The fourth-order valence-electron chi connectivity index (χ4n) is 4.48. The number of hydrogen-bond acceptors (Lipinski definition) is 7. The van der Waals surface area contributed by atoms with Crippen molar-refractivity contribution in [3.8, 4) is 17.2 Å². The van der Waals surface area contributed by atoms with Gasteiger partial charge in [0.25, 0.3) is 0 Å². The van der Waals surface area contributed by atoms with Gasteiger partial charge in [0.2, 0.25) is 11.2 Å². The molecule has 0 atom stereocenters. The van der Waals surface area contributed by atoms with Crippen molar-refractivity contribution in [2.24, 2.45) is 0 Å². The fraction of sp³-hybridized carbons (Fsp3) is 0.360. The van der Waals surface area contributed by atoms with Crippen molar-refractivity contribution in [1.82, 2.24) is 4.90 Å². The number of benzene rings is 2. The molecule has 1 aliphatic carbocycles. The molecular formula is C25H25NO6. The van der Waals surface area contributed by atoms with Gasteiger partial charge in [0, 0.05) is 12.6 Å². The van der Waals surface area contributed by atoms with E-state index in [4.69, 9.17) is 18.6 Å². The van der Waals surface area contributed by atoms with E-state index in [1.807, 2.05) is 6.07 Å². The van der Waals surface area contributed by atoms with Crippen molar-refractivity contribution in [1.29, 1.82) is 0 Å². The van der Waals surface area contributed by atoms with Crippen LogP contribution < -0.4 is 14.9 Å². The summed E-state index contributed by atoms with van der Waals surface area (Å²) < 4.78 is 22.6. The summed E-state index contributed by atoms with van der Waals surface area (Å²) in [5, 5.41) is 0.460. The van der Waals surface area contributed by atoms with Gasteiger partial charge in [-0.05, 0) is 56.2 Å². The summed E-state index contributed by atoms with van der Waals surface area (Å²) in [6, 6.07) is 10.5. The van der Waals surface area contributed by atoms with Crippen LogP contribution in [0.5, 0.6) is 17.2 Å². The number of carbonyl (C=O) groups is 1. The first kappa shape index (κ1) is 20.6. The molecule has 0 unspecified atom stereocenters. The Morgan fingerprint density at radius 1 is 1.12 bits per heavy atom. The predicted molar refractivity (Wildman–Crippen MR) is 118 cm³/mol. The monoisotopic (exact) mass is 435 g/mol. The molecule has 1 aromatic heterocycles. The highest BCUT2D eigenvalue weighted by Crippen LogP contribution is 2.35. The van der Waals surface area contributed by atoms with E-state index in [1.165, 1.54) is 31.9 Å². The lowest BCUT2D eigenvalue weighted by Crippen LogP contribution is -2.39. The molecule has 2 aromatic carbocycles. The molecular weight excluding hydrogens is 410 g/mol. The van der Waals surface area contributed by atoms with E-state index in [1.54, 1.807) is 37.3 Å². The summed E-state index contributed by atoms with van der Waals surface area (Å²) in [5.74, 6) is 0.880. The summed E-state index contributed by atoms with van der Waals surface area (Å²) >= 11 is 0. The molecule has 2 heterocycles. The Kier molecular flexibility index (Phi) is 5.57. The third kappa shape index (κ3) is 3.84. The standard InChI is InChI=1S/C25H25NO6/c1-2-29-25(28)16-7-9-18(10-8-16)32-22-14-30-24-19(23(22)27)11-12-21-20(24)13-26(15-31-21)17-5-3-4-6-17/h7-12,14,17H,2-6,13,15H2,1H3. The van der Waals surface area contributed by atoms with E-state index < -0.39 is 5.97 Å². The molecule has 0 amide bonds. The minimum Gasteiger partial charge on any atom is -0.478 e. The van der Waals surface area contributed by atoms with E-state index in [0.717, 1.165) is 11.3 Å². The summed E-state index contributed by atoms with van der Waals surface area (Å²) in [6.45, 7) is 3.33. The van der Waals surface area contributed by atoms with Crippen LogP contribution in [-0.4, -0.2) is 30.2 Å². The van der Waals surface area contributed by atoms with Gasteiger partial charge in [-0.2, -0.15) is 0 Å². The topological polar surface area (TPSA) is 78.2 Å². The lowest BCUT2D eigenvalue weighted by molar-refractivity contribution is 0.0526. The van der Waals surface area contributed by atoms with Crippen molar-refractivity contribution >= 4 is 16.9 Å². The number of carbonyl (C=O) groups excluding carboxylic acids is 1. The zero-order valence-corrected chi connectivity index (χ0v) is 18.0. The van der Waals surface area contributed by atoms with E-state index in [2.05, 4.69) is 4.90 Å². The van der Waals surface area contributed by atoms with Crippen LogP contribution in [0.4, 0.5) is 0 Å². The Labute approximate surface area is 185 Å². The first-order valence-electron chi connectivity index (χ1n) is 11.0. The average Bonchev–Trinajstić information content (AvgIpc) is 3.36. The third-order valence-corrected chi connectivity index (χ3v) is 6.15. The number of nitrogens with zero attached hydrogens (tertiary/aromatic N) is 1. The molecule has 0 N–H and O–H groups in total. The van der Waals surface area contributed by atoms with Crippen molar-refractivity contribution < 1.29 is 23.4 Å². The summed E-state index contributed by atoms with van der Waals surface area (Å²) in [4.78, 5) is 27.2. The number of hydrogen-bond donors (Lipinski definition) is 0. The second kappa shape index (κ2) is 8.67. The number of fused-ring (bicyclic) bond motifs is 3. The second-order valence-corrected chi connectivity index (χ2v) is 8.15. The van der Waals surface area contributed by atoms with E-state index in [-0.39, 0.29) is 11.2 Å². The first-order chi connectivity index (χ1) is 15.6. The first-order valence-corrected chi connectivity index (χ1v) is 11.0. The highest BCUT2D eigenvalue weighted by atomic mass is 16.5. The lowest BCUT2D eigenvalue weighted by atomic mass is 10.1. The maximum absolute atomic E-state index is 13.1. The molecule has 7 nitrogen and oxygen atoms in total. The predicted octanol–water partition coefficient (Wildman–Crippen LogP) is 4.86. The van der Waals surface area contributed by atoms with Gasteiger partial charge in [0.1, 0.15) is 30.1 Å². The molecule has 5 rings (SSSR count). The summed E-state index contributed by atoms with van der Waals surface area (Å²) in [6.07, 6.45) is 6.21. The zero-order valence-electron chi connectivity index (χ0n) is 18.0. The molecule has 0 saturated heterocycles. The second-order valence-electron chi connectivity index (χ2n) is 8.15. The Balaban J connectivity index is 1.41.